The van der Waals surface area contributed by atoms with Crippen molar-refractivity contribution in [2.45, 2.75) is 33.2 Å². The van der Waals surface area contributed by atoms with Crippen LogP contribution in [-0.4, -0.2) is 47.6 Å². The summed E-state index contributed by atoms with van der Waals surface area (Å²) in [5, 5.41) is 30.2. The summed E-state index contributed by atoms with van der Waals surface area (Å²) in [6, 6.07) is 16.9. The number of nitro benzene ring substituents is 1. The minimum atomic E-state index is -0.813. The molecule has 45 heavy (non-hydrogen) atoms. The maximum atomic E-state index is 13.7. The fraction of sp³-hybridized carbons (Fsp3) is 0.242. The predicted octanol–water partition coefficient (Wildman–Crippen LogP) is 4.47. The van der Waals surface area contributed by atoms with Crippen LogP contribution in [0, 0.1) is 10.1 Å². The van der Waals surface area contributed by atoms with E-state index in [2.05, 4.69) is 16.0 Å². The molecule has 1 aliphatic heterocycles. The van der Waals surface area contributed by atoms with Crippen molar-refractivity contribution in [3.05, 3.63) is 122 Å². The highest BCUT2D eigenvalue weighted by molar-refractivity contribution is 6.01. The second-order valence-corrected chi connectivity index (χ2v) is 10.2. The second kappa shape index (κ2) is 14.8. The van der Waals surface area contributed by atoms with E-state index >= 15 is 0 Å². The zero-order chi connectivity index (χ0) is 32.5. The zero-order valence-corrected chi connectivity index (χ0v) is 25.1. The van der Waals surface area contributed by atoms with Gasteiger partial charge in [0.15, 0.2) is 0 Å². The topological polar surface area (TPSA) is 169 Å². The lowest BCUT2D eigenvalue weighted by molar-refractivity contribution is -0.384. The zero-order valence-electron chi connectivity index (χ0n) is 25.1. The molecular weight excluding hydrogens is 580 g/mol. The van der Waals surface area contributed by atoms with E-state index in [0.29, 0.717) is 29.9 Å². The van der Waals surface area contributed by atoms with Gasteiger partial charge in [-0.25, -0.2) is 9.59 Å². The number of ether oxygens (including phenoxy) is 2. The predicted molar refractivity (Wildman–Crippen MR) is 166 cm³/mol. The van der Waals surface area contributed by atoms with Gasteiger partial charge in [0.05, 0.1) is 10.5 Å². The molecule has 0 saturated carbocycles. The van der Waals surface area contributed by atoms with E-state index < -0.39 is 28.7 Å². The number of phenols is 1. The van der Waals surface area contributed by atoms with Crippen LogP contribution in [0.25, 0.3) is 0 Å². The molecule has 1 unspecified atom stereocenters. The highest BCUT2D eigenvalue weighted by Crippen LogP contribution is 2.35. The van der Waals surface area contributed by atoms with Crippen molar-refractivity contribution in [2.24, 2.45) is 0 Å². The average molecular weight is 615 g/mol. The van der Waals surface area contributed by atoms with Crippen LogP contribution in [0.1, 0.15) is 58.5 Å². The lowest BCUT2D eigenvalue weighted by Crippen LogP contribution is -2.28. The first-order valence-electron chi connectivity index (χ1n) is 14.3. The van der Waals surface area contributed by atoms with Crippen molar-refractivity contribution in [2.75, 3.05) is 19.7 Å². The van der Waals surface area contributed by atoms with E-state index in [0.717, 1.165) is 5.70 Å². The lowest BCUT2D eigenvalue weighted by atomic mass is 9.86. The van der Waals surface area contributed by atoms with Crippen molar-refractivity contribution >= 4 is 23.5 Å². The van der Waals surface area contributed by atoms with Crippen LogP contribution >= 0.6 is 0 Å². The fourth-order valence-corrected chi connectivity index (χ4v) is 4.86. The number of hydrogen-bond donors (Lipinski definition) is 4. The molecule has 3 aromatic rings. The Balaban J connectivity index is 1.55. The molecule has 234 valence electrons. The van der Waals surface area contributed by atoms with Crippen LogP contribution in [-0.2, 0) is 16.1 Å². The van der Waals surface area contributed by atoms with Crippen LogP contribution in [0.3, 0.4) is 0 Å². The number of carbonyl (C=O) groups is 3. The SMILES string of the molecule is CCNC(=O)c1ccc(OC(=O)C2=C(C)NC(C)=CC2c2cccc([N+](=O)[O-])c2)c(C(=O)OCCNCc2ccccc2O)c1. The molecule has 1 amide bonds. The number of benzene rings is 3. The second-order valence-electron chi connectivity index (χ2n) is 10.2. The van der Waals surface area contributed by atoms with Gasteiger partial charge < -0.3 is 30.5 Å². The minimum absolute atomic E-state index is 0.0433. The van der Waals surface area contributed by atoms with Crippen LogP contribution in [0.4, 0.5) is 5.69 Å². The Hall–Kier alpha value is -5.49. The molecule has 12 nitrogen and oxygen atoms in total. The third-order valence-electron chi connectivity index (χ3n) is 7.00. The summed E-state index contributed by atoms with van der Waals surface area (Å²) in [6.07, 6.45) is 1.76. The smallest absolute Gasteiger partial charge is 0.342 e. The number of aromatic hydroxyl groups is 1. The fourth-order valence-electron chi connectivity index (χ4n) is 4.86. The van der Waals surface area contributed by atoms with E-state index in [4.69, 9.17) is 9.47 Å². The summed E-state index contributed by atoms with van der Waals surface area (Å²) < 4.78 is 11.2. The number of rotatable bonds is 12. The monoisotopic (exact) mass is 614 g/mol. The summed E-state index contributed by atoms with van der Waals surface area (Å²) in [5.41, 5.74) is 2.53. The highest BCUT2D eigenvalue weighted by atomic mass is 16.6. The first-order valence-corrected chi connectivity index (χ1v) is 14.3. The third-order valence-corrected chi connectivity index (χ3v) is 7.00. The van der Waals surface area contributed by atoms with Crippen molar-refractivity contribution in [1.82, 2.24) is 16.0 Å². The molecule has 0 radical (unpaired) electrons. The van der Waals surface area contributed by atoms with Crippen molar-refractivity contribution in [3.63, 3.8) is 0 Å². The van der Waals surface area contributed by atoms with Gasteiger partial charge >= 0.3 is 11.9 Å². The van der Waals surface area contributed by atoms with E-state index in [1.807, 2.05) is 6.92 Å². The molecule has 1 heterocycles. The van der Waals surface area contributed by atoms with Gasteiger partial charge in [-0.3, -0.25) is 14.9 Å². The van der Waals surface area contributed by atoms with Crippen LogP contribution in [0.2, 0.25) is 0 Å². The molecule has 1 atom stereocenters. The Bertz CT molecular complexity index is 1680. The molecule has 0 spiro atoms. The standard InChI is InChI=1S/C33H34N4O8/c1-4-35-31(39)23-12-13-29(27(18-23)32(40)44-15-14-34-19-24-8-5-6-11-28(24)38)45-33(41)30-21(3)36-20(2)16-26(30)22-9-7-10-25(17-22)37(42)43/h5-13,16-18,26,34,36,38H,4,14-15,19H2,1-3H3,(H,35,39). The van der Waals surface area contributed by atoms with Crippen LogP contribution in [0.5, 0.6) is 11.5 Å². The molecule has 4 rings (SSSR count). The maximum absolute atomic E-state index is 13.7. The van der Waals surface area contributed by atoms with Gasteiger partial charge in [0, 0.05) is 60.2 Å². The number of nitrogens with zero attached hydrogens (tertiary/aromatic N) is 1. The van der Waals surface area contributed by atoms with Gasteiger partial charge in [-0.1, -0.05) is 36.4 Å². The lowest BCUT2D eigenvalue weighted by Gasteiger charge is -2.26. The molecule has 4 N–H and O–H groups in total. The Labute approximate surface area is 259 Å². The Kier molecular flexibility index (Phi) is 10.7. The largest absolute Gasteiger partial charge is 0.508 e. The molecular formula is C33H34N4O8. The summed E-state index contributed by atoms with van der Waals surface area (Å²) in [5.74, 6) is -2.66. The number of nitrogens with one attached hydrogen (secondary N) is 3. The summed E-state index contributed by atoms with van der Waals surface area (Å²) in [4.78, 5) is 50.4. The molecule has 3 aromatic carbocycles. The number of carbonyl (C=O) groups excluding carboxylic acids is 3. The Morgan fingerprint density at radius 1 is 1.02 bits per heavy atom. The van der Waals surface area contributed by atoms with Crippen molar-refractivity contribution in [3.8, 4) is 11.5 Å². The molecule has 12 heteroatoms. The van der Waals surface area contributed by atoms with Crippen molar-refractivity contribution < 1.29 is 33.9 Å². The number of hydrogen-bond acceptors (Lipinski definition) is 10. The number of nitro groups is 1. The minimum Gasteiger partial charge on any atom is -0.508 e. The third kappa shape index (κ3) is 8.12. The molecule has 1 aliphatic rings. The van der Waals surface area contributed by atoms with Gasteiger partial charge in [0.2, 0.25) is 0 Å². The van der Waals surface area contributed by atoms with Gasteiger partial charge in [0.25, 0.3) is 11.6 Å². The Morgan fingerprint density at radius 2 is 1.80 bits per heavy atom. The van der Waals surface area contributed by atoms with Gasteiger partial charge in [-0.2, -0.15) is 0 Å². The van der Waals surface area contributed by atoms with Crippen LogP contribution < -0.4 is 20.7 Å². The molecule has 0 bridgehead atoms. The number of phenolic OH excluding ortho intramolecular Hbond substituents is 1. The molecule has 0 saturated heterocycles. The summed E-state index contributed by atoms with van der Waals surface area (Å²) >= 11 is 0. The Morgan fingerprint density at radius 3 is 2.53 bits per heavy atom. The first kappa shape index (κ1) is 32.4. The van der Waals surface area contributed by atoms with E-state index in [1.165, 1.54) is 30.3 Å². The normalized spacial score (nSPS) is 14.2. The molecule has 0 fully saturated rings. The van der Waals surface area contributed by atoms with Crippen molar-refractivity contribution in [1.29, 1.82) is 0 Å². The van der Waals surface area contributed by atoms with Crippen LogP contribution in [0.15, 0.2) is 89.8 Å². The molecule has 0 aliphatic carbocycles. The summed E-state index contributed by atoms with van der Waals surface area (Å²) in [6.45, 7) is 6.19. The van der Waals surface area contributed by atoms with E-state index in [1.54, 1.807) is 56.3 Å². The van der Waals surface area contributed by atoms with Gasteiger partial charge in [0.1, 0.15) is 23.7 Å². The number of para-hydroxylation sites is 1. The van der Waals surface area contributed by atoms with Gasteiger partial charge in [-0.05, 0) is 50.6 Å². The number of esters is 2. The first-order chi connectivity index (χ1) is 21.6. The van der Waals surface area contributed by atoms with Gasteiger partial charge in [-0.15, -0.1) is 0 Å². The number of non-ortho nitro benzene ring substituents is 1. The number of amides is 1. The molecule has 0 aromatic heterocycles. The number of allylic oxidation sites excluding steroid dienone is 3. The van der Waals surface area contributed by atoms with E-state index in [-0.39, 0.29) is 47.0 Å². The summed E-state index contributed by atoms with van der Waals surface area (Å²) in [7, 11) is 0. The highest BCUT2D eigenvalue weighted by Gasteiger charge is 2.31. The number of dihydropyridines is 1. The van der Waals surface area contributed by atoms with E-state index in [9.17, 15) is 29.6 Å². The maximum Gasteiger partial charge on any atom is 0.342 e. The quantitative estimate of drug-likeness (QED) is 0.0751. The average Bonchev–Trinajstić information content (AvgIpc) is 3.01.